The van der Waals surface area contributed by atoms with Gasteiger partial charge in [-0.2, -0.15) is 5.26 Å². The van der Waals surface area contributed by atoms with Crippen LogP contribution in [-0.2, 0) is 6.54 Å². The van der Waals surface area contributed by atoms with E-state index in [9.17, 15) is 10.1 Å². The molecule has 0 aromatic heterocycles. The molecule has 0 aliphatic carbocycles. The summed E-state index contributed by atoms with van der Waals surface area (Å²) in [5.41, 5.74) is 0.911. The Kier molecular flexibility index (Phi) is 3.97. The van der Waals surface area contributed by atoms with Crippen molar-refractivity contribution in [3.05, 3.63) is 39.9 Å². The molecule has 0 aliphatic rings. The van der Waals surface area contributed by atoms with E-state index in [1.807, 2.05) is 18.0 Å². The second kappa shape index (κ2) is 5.24. The lowest BCUT2D eigenvalue weighted by molar-refractivity contribution is -0.384. The van der Waals surface area contributed by atoms with E-state index in [0.717, 1.165) is 5.56 Å². The lowest BCUT2D eigenvalue weighted by Gasteiger charge is -2.18. The van der Waals surface area contributed by atoms with E-state index in [2.05, 4.69) is 6.07 Å². The molecule has 0 fully saturated rings. The van der Waals surface area contributed by atoms with Crippen LogP contribution in [0.5, 0.6) is 0 Å². The normalized spacial score (nSPS) is 12.1. The molecule has 5 nitrogen and oxygen atoms in total. The predicted octanol–water partition coefficient (Wildman–Crippen LogP) is 1.94. The maximum atomic E-state index is 10.6. The molecular formula is C11H13N3O2. The second-order valence-electron chi connectivity index (χ2n) is 3.65. The van der Waals surface area contributed by atoms with Gasteiger partial charge in [0.2, 0.25) is 0 Å². The lowest BCUT2D eigenvalue weighted by atomic mass is 10.2. The van der Waals surface area contributed by atoms with Crippen molar-refractivity contribution in [3.63, 3.8) is 0 Å². The number of non-ortho nitro benzene ring substituents is 1. The molecule has 0 bridgehead atoms. The highest BCUT2D eigenvalue weighted by Gasteiger charge is 2.10. The van der Waals surface area contributed by atoms with Gasteiger partial charge in [0.05, 0.1) is 17.0 Å². The molecule has 0 N–H and O–H groups in total. The van der Waals surface area contributed by atoms with Crippen LogP contribution in [-0.4, -0.2) is 22.9 Å². The van der Waals surface area contributed by atoms with Crippen molar-refractivity contribution in [1.29, 1.82) is 5.26 Å². The Morgan fingerprint density at radius 1 is 1.62 bits per heavy atom. The molecule has 1 atom stereocenters. The van der Waals surface area contributed by atoms with Crippen molar-refractivity contribution >= 4 is 5.69 Å². The second-order valence-corrected chi connectivity index (χ2v) is 3.65. The van der Waals surface area contributed by atoms with Gasteiger partial charge in [-0.25, -0.2) is 0 Å². The summed E-state index contributed by atoms with van der Waals surface area (Å²) in [6.45, 7) is 2.31. The van der Waals surface area contributed by atoms with Crippen LogP contribution in [0, 0.1) is 21.4 Å². The van der Waals surface area contributed by atoms with Gasteiger partial charge in [0.15, 0.2) is 0 Å². The Hall–Kier alpha value is -1.93. The van der Waals surface area contributed by atoms with Crippen LogP contribution in [0.3, 0.4) is 0 Å². The van der Waals surface area contributed by atoms with Gasteiger partial charge < -0.3 is 0 Å². The van der Waals surface area contributed by atoms with Crippen LogP contribution in [0.2, 0.25) is 0 Å². The zero-order valence-electron chi connectivity index (χ0n) is 9.25. The first-order valence-corrected chi connectivity index (χ1v) is 4.87. The summed E-state index contributed by atoms with van der Waals surface area (Å²) in [5, 5.41) is 19.3. The molecule has 1 aromatic carbocycles. The third-order valence-electron chi connectivity index (χ3n) is 2.40. The van der Waals surface area contributed by atoms with Gasteiger partial charge in [-0.15, -0.1) is 0 Å². The number of rotatable bonds is 4. The molecular weight excluding hydrogens is 206 g/mol. The fourth-order valence-electron chi connectivity index (χ4n) is 1.29. The van der Waals surface area contributed by atoms with Crippen LogP contribution in [0.4, 0.5) is 5.69 Å². The zero-order chi connectivity index (χ0) is 12.1. The van der Waals surface area contributed by atoms with E-state index in [1.165, 1.54) is 12.1 Å². The quantitative estimate of drug-likeness (QED) is 0.573. The minimum Gasteiger partial charge on any atom is -0.287 e. The smallest absolute Gasteiger partial charge is 0.269 e. The molecule has 0 saturated heterocycles. The fourth-order valence-corrected chi connectivity index (χ4v) is 1.29. The van der Waals surface area contributed by atoms with Gasteiger partial charge in [0, 0.05) is 18.7 Å². The molecule has 0 saturated carbocycles. The summed E-state index contributed by atoms with van der Waals surface area (Å²) in [7, 11) is 1.81. The zero-order valence-corrected chi connectivity index (χ0v) is 9.25. The average Bonchev–Trinajstić information content (AvgIpc) is 2.28. The van der Waals surface area contributed by atoms with E-state index in [1.54, 1.807) is 13.0 Å². The van der Waals surface area contributed by atoms with Crippen molar-refractivity contribution in [2.75, 3.05) is 7.05 Å². The van der Waals surface area contributed by atoms with E-state index in [0.29, 0.717) is 6.54 Å². The third-order valence-corrected chi connectivity index (χ3v) is 2.40. The first-order valence-electron chi connectivity index (χ1n) is 4.87. The highest BCUT2D eigenvalue weighted by atomic mass is 16.6. The Balaban J connectivity index is 2.79. The standard InChI is InChI=1S/C11H13N3O2/c1-9(7-12)13(2)8-10-4-3-5-11(6-10)14(15)16/h3-6,9H,8H2,1-2H3. The summed E-state index contributed by atoms with van der Waals surface area (Å²) < 4.78 is 0. The number of nitriles is 1. The number of hydrogen-bond acceptors (Lipinski definition) is 4. The van der Waals surface area contributed by atoms with Gasteiger partial charge in [-0.1, -0.05) is 12.1 Å². The van der Waals surface area contributed by atoms with Crippen LogP contribution >= 0.6 is 0 Å². The van der Waals surface area contributed by atoms with Gasteiger partial charge in [0.25, 0.3) is 5.69 Å². The molecule has 5 heteroatoms. The van der Waals surface area contributed by atoms with E-state index in [4.69, 9.17) is 5.26 Å². The summed E-state index contributed by atoms with van der Waals surface area (Å²) in [4.78, 5) is 12.0. The number of nitrogens with zero attached hydrogens (tertiary/aromatic N) is 3. The van der Waals surface area contributed by atoms with Gasteiger partial charge >= 0.3 is 0 Å². The number of nitro groups is 1. The average molecular weight is 219 g/mol. The van der Waals surface area contributed by atoms with Crippen LogP contribution < -0.4 is 0 Å². The van der Waals surface area contributed by atoms with Gasteiger partial charge in [-0.05, 0) is 19.5 Å². The first-order chi connectivity index (χ1) is 7.54. The number of benzene rings is 1. The molecule has 1 unspecified atom stereocenters. The maximum Gasteiger partial charge on any atom is 0.269 e. The molecule has 84 valence electrons. The van der Waals surface area contributed by atoms with Crippen molar-refractivity contribution in [1.82, 2.24) is 4.90 Å². The topological polar surface area (TPSA) is 70.2 Å². The minimum absolute atomic E-state index is 0.0792. The summed E-state index contributed by atoms with van der Waals surface area (Å²) in [6.07, 6.45) is 0. The molecule has 1 aromatic rings. The molecule has 0 spiro atoms. The molecule has 0 amide bonds. The molecule has 0 heterocycles. The number of nitro benzene ring substituents is 1. The van der Waals surface area contributed by atoms with Gasteiger partial charge in [0.1, 0.15) is 0 Å². The Morgan fingerprint density at radius 2 is 2.31 bits per heavy atom. The minimum atomic E-state index is -0.419. The van der Waals surface area contributed by atoms with Gasteiger partial charge in [-0.3, -0.25) is 15.0 Å². The van der Waals surface area contributed by atoms with Crippen LogP contribution in [0.1, 0.15) is 12.5 Å². The number of hydrogen-bond donors (Lipinski definition) is 0. The van der Waals surface area contributed by atoms with Crippen molar-refractivity contribution in [2.24, 2.45) is 0 Å². The molecule has 0 radical (unpaired) electrons. The van der Waals surface area contributed by atoms with Crippen LogP contribution in [0.25, 0.3) is 0 Å². The lowest BCUT2D eigenvalue weighted by Crippen LogP contribution is -2.26. The van der Waals surface area contributed by atoms with Crippen molar-refractivity contribution in [3.8, 4) is 6.07 Å². The monoisotopic (exact) mass is 219 g/mol. The molecule has 1 rings (SSSR count). The largest absolute Gasteiger partial charge is 0.287 e. The summed E-state index contributed by atoms with van der Waals surface area (Å²) in [6, 6.07) is 8.35. The third kappa shape index (κ3) is 3.04. The Bertz CT molecular complexity index is 425. The predicted molar refractivity (Wildman–Crippen MR) is 59.6 cm³/mol. The Morgan fingerprint density at radius 3 is 2.88 bits per heavy atom. The van der Waals surface area contributed by atoms with E-state index in [-0.39, 0.29) is 11.7 Å². The molecule has 0 aliphatic heterocycles. The SMILES string of the molecule is CC(C#N)N(C)Cc1cccc([N+](=O)[O-])c1. The first kappa shape index (κ1) is 12.1. The fraction of sp³-hybridized carbons (Fsp3) is 0.364. The van der Waals surface area contributed by atoms with E-state index >= 15 is 0 Å². The Labute approximate surface area is 94.1 Å². The van der Waals surface area contributed by atoms with Crippen LogP contribution in [0.15, 0.2) is 24.3 Å². The summed E-state index contributed by atoms with van der Waals surface area (Å²) in [5.74, 6) is 0. The van der Waals surface area contributed by atoms with Crippen molar-refractivity contribution < 1.29 is 4.92 Å². The molecule has 16 heavy (non-hydrogen) atoms. The summed E-state index contributed by atoms with van der Waals surface area (Å²) >= 11 is 0. The maximum absolute atomic E-state index is 10.6. The highest BCUT2D eigenvalue weighted by Crippen LogP contribution is 2.14. The van der Waals surface area contributed by atoms with E-state index < -0.39 is 4.92 Å². The highest BCUT2D eigenvalue weighted by molar-refractivity contribution is 5.34. The van der Waals surface area contributed by atoms with Crippen molar-refractivity contribution in [2.45, 2.75) is 19.5 Å².